The molecule has 6 rings (SSSR count). The summed E-state index contributed by atoms with van der Waals surface area (Å²) in [7, 11) is 1.61. The fourth-order valence-electron chi connectivity index (χ4n) is 4.47. The van der Waals surface area contributed by atoms with E-state index >= 15 is 0 Å². The molecule has 2 aromatic heterocycles. The van der Waals surface area contributed by atoms with E-state index in [1.54, 1.807) is 18.1 Å². The van der Waals surface area contributed by atoms with Gasteiger partial charge in [0, 0.05) is 0 Å². The van der Waals surface area contributed by atoms with Gasteiger partial charge < -0.3 is 9.15 Å². The number of hydrogen-bond donors (Lipinski definition) is 0. The summed E-state index contributed by atoms with van der Waals surface area (Å²) in [6.45, 7) is 3.93. The summed E-state index contributed by atoms with van der Waals surface area (Å²) in [4.78, 5) is 33.8. The van der Waals surface area contributed by atoms with Gasteiger partial charge in [0.05, 0.1) is 34.3 Å². The summed E-state index contributed by atoms with van der Waals surface area (Å²) in [5.74, 6) is 0.419. The number of aryl methyl sites for hydroxylation is 2. The van der Waals surface area contributed by atoms with Crippen molar-refractivity contribution in [3.8, 4) is 5.75 Å². The molecule has 7 heteroatoms. The van der Waals surface area contributed by atoms with Crippen LogP contribution in [0, 0.1) is 13.8 Å². The summed E-state index contributed by atoms with van der Waals surface area (Å²) in [5.41, 5.74) is 4.19. The number of aromatic nitrogens is 1. The Kier molecular flexibility index (Phi) is 4.57. The third-order valence-electron chi connectivity index (χ3n) is 6.21. The summed E-state index contributed by atoms with van der Waals surface area (Å²) in [6.07, 6.45) is 0. The molecule has 168 valence electrons. The lowest BCUT2D eigenvalue weighted by molar-refractivity contribution is 0.0971. The smallest absolute Gasteiger partial charge is 0.297 e. The van der Waals surface area contributed by atoms with E-state index in [1.165, 1.54) is 11.3 Å². The molecule has 0 fully saturated rings. The van der Waals surface area contributed by atoms with Crippen LogP contribution in [0.1, 0.15) is 38.9 Å². The summed E-state index contributed by atoms with van der Waals surface area (Å²) in [5, 5.41) is 0.976. The Morgan fingerprint density at radius 3 is 2.50 bits per heavy atom. The van der Waals surface area contributed by atoms with E-state index in [-0.39, 0.29) is 17.1 Å². The average Bonchev–Trinajstić information content (AvgIpc) is 3.38. The van der Waals surface area contributed by atoms with Crippen LogP contribution in [0.15, 0.2) is 69.9 Å². The van der Waals surface area contributed by atoms with Crippen molar-refractivity contribution in [1.29, 1.82) is 0 Å². The maximum absolute atomic E-state index is 13.7. The molecule has 0 saturated heterocycles. The van der Waals surface area contributed by atoms with Gasteiger partial charge in [0.15, 0.2) is 10.6 Å². The first-order valence-electron chi connectivity index (χ1n) is 10.9. The van der Waals surface area contributed by atoms with Gasteiger partial charge in [0.25, 0.3) is 5.91 Å². The van der Waals surface area contributed by atoms with E-state index in [0.29, 0.717) is 27.4 Å². The van der Waals surface area contributed by atoms with Crippen LogP contribution in [0.25, 0.3) is 21.2 Å². The second kappa shape index (κ2) is 7.53. The van der Waals surface area contributed by atoms with Gasteiger partial charge >= 0.3 is 0 Å². The molecule has 3 heterocycles. The fourth-order valence-corrected chi connectivity index (χ4v) is 5.49. The highest BCUT2D eigenvalue weighted by atomic mass is 32.1. The van der Waals surface area contributed by atoms with E-state index in [9.17, 15) is 9.59 Å². The van der Waals surface area contributed by atoms with Crippen molar-refractivity contribution in [2.24, 2.45) is 0 Å². The van der Waals surface area contributed by atoms with Crippen molar-refractivity contribution >= 4 is 43.6 Å². The third kappa shape index (κ3) is 3.04. The minimum atomic E-state index is -0.633. The predicted molar refractivity (Wildman–Crippen MR) is 133 cm³/mol. The van der Waals surface area contributed by atoms with Crippen molar-refractivity contribution in [3.63, 3.8) is 0 Å². The van der Waals surface area contributed by atoms with E-state index in [0.717, 1.165) is 26.9 Å². The molecule has 0 aliphatic carbocycles. The Morgan fingerprint density at radius 2 is 1.74 bits per heavy atom. The Labute approximate surface area is 199 Å². The van der Waals surface area contributed by atoms with E-state index in [4.69, 9.17) is 14.1 Å². The van der Waals surface area contributed by atoms with Crippen molar-refractivity contribution in [1.82, 2.24) is 4.98 Å². The number of fused-ring (bicyclic) bond motifs is 3. The summed E-state index contributed by atoms with van der Waals surface area (Å²) in [6, 6.07) is 18.2. The zero-order valence-corrected chi connectivity index (χ0v) is 19.6. The van der Waals surface area contributed by atoms with E-state index in [1.807, 2.05) is 68.4 Å². The van der Waals surface area contributed by atoms with Crippen LogP contribution in [0.4, 0.5) is 5.13 Å². The van der Waals surface area contributed by atoms with Crippen LogP contribution >= 0.6 is 11.3 Å². The normalized spacial score (nSPS) is 15.3. The number of benzene rings is 3. The van der Waals surface area contributed by atoms with Crippen LogP contribution in [-0.4, -0.2) is 18.0 Å². The SMILES string of the molecule is COc1ccc2nc(N3C(=O)c4oc5ccc(C)cc5c(=O)c4C3c3ccc(C)cc3)sc2c1. The third-order valence-corrected chi connectivity index (χ3v) is 7.23. The van der Waals surface area contributed by atoms with Gasteiger partial charge in [-0.1, -0.05) is 52.8 Å². The number of amides is 1. The molecule has 0 bridgehead atoms. The number of carbonyl (C=O) groups excluding carboxylic acids is 1. The van der Waals surface area contributed by atoms with Gasteiger partial charge in [-0.2, -0.15) is 0 Å². The molecule has 5 aromatic rings. The van der Waals surface area contributed by atoms with Gasteiger partial charge in [-0.25, -0.2) is 4.98 Å². The van der Waals surface area contributed by atoms with Gasteiger partial charge in [0.1, 0.15) is 11.3 Å². The number of methoxy groups -OCH3 is 1. The Bertz CT molecular complexity index is 1670. The predicted octanol–water partition coefficient (Wildman–Crippen LogP) is 5.78. The zero-order chi connectivity index (χ0) is 23.6. The molecule has 0 radical (unpaired) electrons. The van der Waals surface area contributed by atoms with Crippen molar-refractivity contribution < 1.29 is 13.9 Å². The number of rotatable bonds is 3. The highest BCUT2D eigenvalue weighted by Crippen LogP contribution is 2.44. The number of thiazole rings is 1. The highest BCUT2D eigenvalue weighted by molar-refractivity contribution is 7.22. The molecular formula is C27H20N2O4S. The second-order valence-electron chi connectivity index (χ2n) is 8.49. The molecule has 0 saturated carbocycles. The van der Waals surface area contributed by atoms with Gasteiger partial charge in [-0.05, 0) is 49.7 Å². The monoisotopic (exact) mass is 468 g/mol. The Hall–Kier alpha value is -3.97. The quantitative estimate of drug-likeness (QED) is 0.336. The largest absolute Gasteiger partial charge is 0.497 e. The summed E-state index contributed by atoms with van der Waals surface area (Å²) >= 11 is 1.38. The molecule has 1 atom stereocenters. The Balaban J connectivity index is 1.62. The van der Waals surface area contributed by atoms with Crippen molar-refractivity contribution in [2.45, 2.75) is 19.9 Å². The van der Waals surface area contributed by atoms with Gasteiger partial charge in [-0.3, -0.25) is 14.5 Å². The van der Waals surface area contributed by atoms with Crippen LogP contribution in [0.5, 0.6) is 5.75 Å². The van der Waals surface area contributed by atoms with E-state index < -0.39 is 6.04 Å². The number of ether oxygens (including phenoxy) is 1. The molecule has 6 nitrogen and oxygen atoms in total. The van der Waals surface area contributed by atoms with Crippen LogP contribution in [0.2, 0.25) is 0 Å². The van der Waals surface area contributed by atoms with Gasteiger partial charge in [0.2, 0.25) is 5.76 Å². The number of carbonyl (C=O) groups is 1. The molecule has 1 aliphatic rings. The molecule has 3 aromatic carbocycles. The number of anilines is 1. The summed E-state index contributed by atoms with van der Waals surface area (Å²) < 4.78 is 12.3. The molecule has 0 spiro atoms. The first-order valence-corrected chi connectivity index (χ1v) is 11.7. The minimum Gasteiger partial charge on any atom is -0.497 e. The molecule has 1 unspecified atom stereocenters. The Morgan fingerprint density at radius 1 is 0.971 bits per heavy atom. The topological polar surface area (TPSA) is 72.6 Å². The maximum atomic E-state index is 13.7. The zero-order valence-electron chi connectivity index (χ0n) is 18.8. The fraction of sp³-hybridized carbons (Fsp3) is 0.148. The van der Waals surface area contributed by atoms with E-state index in [2.05, 4.69) is 0 Å². The van der Waals surface area contributed by atoms with Gasteiger partial charge in [-0.15, -0.1) is 0 Å². The van der Waals surface area contributed by atoms with Crippen LogP contribution < -0.4 is 15.1 Å². The lowest BCUT2D eigenvalue weighted by Gasteiger charge is -2.22. The standard InChI is InChI=1S/C27H20N2O4S/c1-14-4-7-16(8-5-14)23-22-24(30)18-12-15(2)6-11-20(18)33-25(22)26(31)29(23)27-28-19-10-9-17(32-3)13-21(19)34-27/h4-13,23H,1-3H3. The second-order valence-corrected chi connectivity index (χ2v) is 9.50. The highest BCUT2D eigenvalue weighted by Gasteiger charge is 2.45. The van der Waals surface area contributed by atoms with Crippen LogP contribution in [-0.2, 0) is 0 Å². The minimum absolute atomic E-state index is 0.0729. The molecule has 0 N–H and O–H groups in total. The number of hydrogen-bond acceptors (Lipinski definition) is 6. The first-order chi connectivity index (χ1) is 16.4. The maximum Gasteiger partial charge on any atom is 0.297 e. The number of nitrogens with zero attached hydrogens (tertiary/aromatic N) is 2. The lowest BCUT2D eigenvalue weighted by atomic mass is 9.97. The molecule has 1 amide bonds. The van der Waals surface area contributed by atoms with Crippen molar-refractivity contribution in [3.05, 3.63) is 98.9 Å². The molecule has 1 aliphatic heterocycles. The lowest BCUT2D eigenvalue weighted by Crippen LogP contribution is -2.29. The first kappa shape index (κ1) is 20.6. The van der Waals surface area contributed by atoms with Crippen molar-refractivity contribution in [2.75, 3.05) is 12.0 Å². The average molecular weight is 469 g/mol. The molecule has 34 heavy (non-hydrogen) atoms. The van der Waals surface area contributed by atoms with Crippen LogP contribution in [0.3, 0.4) is 0 Å². The molecular weight excluding hydrogens is 448 g/mol.